The number of rotatable bonds is 7. The molecule has 1 heterocycles. The van der Waals surface area contributed by atoms with Gasteiger partial charge in [-0.25, -0.2) is 0 Å². The number of benzene rings is 1. The number of aryl methyl sites for hydroxylation is 1. The Balaban J connectivity index is 1.89. The van der Waals surface area contributed by atoms with Gasteiger partial charge in [-0.05, 0) is 45.0 Å². The van der Waals surface area contributed by atoms with Crippen LogP contribution in [0.4, 0.5) is 11.4 Å². The second kappa shape index (κ2) is 8.02. The average molecular weight is 335 g/mol. The third-order valence-electron chi connectivity index (χ3n) is 3.87. The van der Waals surface area contributed by atoms with Crippen LogP contribution in [0.2, 0.25) is 5.02 Å². The largest absolute Gasteiger partial charge is 0.372 e. The maximum atomic E-state index is 12.0. The molecule has 5 nitrogen and oxygen atoms in total. The summed E-state index contributed by atoms with van der Waals surface area (Å²) in [6, 6.07) is 7.92. The Morgan fingerprint density at radius 2 is 1.91 bits per heavy atom. The minimum Gasteiger partial charge on any atom is -0.372 e. The molecule has 1 amide bonds. The van der Waals surface area contributed by atoms with Crippen molar-refractivity contribution in [2.45, 2.75) is 33.7 Å². The summed E-state index contributed by atoms with van der Waals surface area (Å²) in [6.07, 6.45) is 1.96. The van der Waals surface area contributed by atoms with Crippen molar-refractivity contribution in [2.24, 2.45) is 0 Å². The normalized spacial score (nSPS) is 10.6. The zero-order chi connectivity index (χ0) is 16.8. The van der Waals surface area contributed by atoms with Gasteiger partial charge in [0.25, 0.3) is 0 Å². The molecule has 0 atom stereocenters. The molecule has 0 saturated carbocycles. The summed E-state index contributed by atoms with van der Waals surface area (Å²) >= 11 is 5.95. The minimum absolute atomic E-state index is 0.0355. The maximum absolute atomic E-state index is 12.0. The molecule has 6 heteroatoms. The SMILES string of the molecule is CCN(CC)c1ccc(NC(=O)CCn2ncc(Cl)c2C)cc1. The minimum atomic E-state index is -0.0355. The van der Waals surface area contributed by atoms with Crippen molar-refractivity contribution in [3.8, 4) is 0 Å². The monoisotopic (exact) mass is 334 g/mol. The molecule has 23 heavy (non-hydrogen) atoms. The third kappa shape index (κ3) is 4.48. The van der Waals surface area contributed by atoms with Gasteiger partial charge in [-0.3, -0.25) is 9.48 Å². The lowest BCUT2D eigenvalue weighted by Gasteiger charge is -2.21. The molecular formula is C17H23ClN4O. The van der Waals surface area contributed by atoms with E-state index in [1.807, 2.05) is 31.2 Å². The van der Waals surface area contributed by atoms with E-state index in [1.165, 1.54) is 0 Å². The fourth-order valence-corrected chi connectivity index (χ4v) is 2.57. The van der Waals surface area contributed by atoms with Crippen LogP contribution >= 0.6 is 11.6 Å². The van der Waals surface area contributed by atoms with Gasteiger partial charge in [-0.1, -0.05) is 11.6 Å². The Kier molecular flexibility index (Phi) is 6.04. The van der Waals surface area contributed by atoms with Crippen LogP contribution in [0.5, 0.6) is 0 Å². The van der Waals surface area contributed by atoms with Gasteiger partial charge in [0, 0.05) is 30.9 Å². The van der Waals surface area contributed by atoms with Crippen molar-refractivity contribution in [1.82, 2.24) is 9.78 Å². The first kappa shape index (κ1) is 17.3. The van der Waals surface area contributed by atoms with Crippen LogP contribution in [0.1, 0.15) is 26.0 Å². The molecule has 0 bridgehead atoms. The van der Waals surface area contributed by atoms with Crippen molar-refractivity contribution >= 4 is 28.9 Å². The number of aromatic nitrogens is 2. The molecule has 0 radical (unpaired) electrons. The summed E-state index contributed by atoms with van der Waals surface area (Å²) in [5.74, 6) is -0.0355. The van der Waals surface area contributed by atoms with Crippen molar-refractivity contribution in [3.05, 3.63) is 41.2 Å². The van der Waals surface area contributed by atoms with Gasteiger partial charge in [0.1, 0.15) is 0 Å². The fraction of sp³-hybridized carbons (Fsp3) is 0.412. The molecule has 0 fully saturated rings. The number of halogens is 1. The first-order valence-electron chi connectivity index (χ1n) is 7.88. The number of hydrogen-bond acceptors (Lipinski definition) is 3. The fourth-order valence-electron chi connectivity index (χ4n) is 2.42. The summed E-state index contributed by atoms with van der Waals surface area (Å²) in [5.41, 5.74) is 2.85. The molecular weight excluding hydrogens is 312 g/mol. The first-order valence-corrected chi connectivity index (χ1v) is 8.25. The highest BCUT2D eigenvalue weighted by atomic mass is 35.5. The van der Waals surface area contributed by atoms with Crippen molar-refractivity contribution in [1.29, 1.82) is 0 Å². The van der Waals surface area contributed by atoms with Crippen molar-refractivity contribution in [2.75, 3.05) is 23.3 Å². The highest BCUT2D eigenvalue weighted by molar-refractivity contribution is 6.31. The van der Waals surface area contributed by atoms with E-state index in [1.54, 1.807) is 10.9 Å². The third-order valence-corrected chi connectivity index (χ3v) is 4.24. The predicted molar refractivity (Wildman–Crippen MR) is 95.2 cm³/mol. The first-order chi connectivity index (χ1) is 11.0. The van der Waals surface area contributed by atoms with Crippen LogP contribution in [0.15, 0.2) is 30.5 Å². The number of hydrogen-bond donors (Lipinski definition) is 1. The molecule has 0 aliphatic heterocycles. The molecule has 124 valence electrons. The second-order valence-electron chi connectivity index (χ2n) is 5.32. The van der Waals surface area contributed by atoms with E-state index in [4.69, 9.17) is 11.6 Å². The van der Waals surface area contributed by atoms with Gasteiger partial charge in [-0.15, -0.1) is 0 Å². The summed E-state index contributed by atoms with van der Waals surface area (Å²) in [7, 11) is 0. The van der Waals surface area contributed by atoms with E-state index >= 15 is 0 Å². The molecule has 0 spiro atoms. The van der Waals surface area contributed by atoms with Crippen LogP contribution in [-0.2, 0) is 11.3 Å². The molecule has 1 aromatic heterocycles. The second-order valence-corrected chi connectivity index (χ2v) is 5.73. The highest BCUT2D eigenvalue weighted by Crippen LogP contribution is 2.18. The molecule has 1 N–H and O–H groups in total. The molecule has 2 aromatic rings. The maximum Gasteiger partial charge on any atom is 0.226 e. The molecule has 0 saturated heterocycles. The topological polar surface area (TPSA) is 50.2 Å². The number of amides is 1. The van der Waals surface area contributed by atoms with E-state index in [-0.39, 0.29) is 5.91 Å². The quantitative estimate of drug-likeness (QED) is 0.839. The Morgan fingerprint density at radius 3 is 2.43 bits per heavy atom. The summed E-state index contributed by atoms with van der Waals surface area (Å²) in [6.45, 7) is 8.59. The number of carbonyl (C=O) groups excluding carboxylic acids is 1. The van der Waals surface area contributed by atoms with Crippen LogP contribution in [0.3, 0.4) is 0 Å². The Labute approximate surface area is 142 Å². The summed E-state index contributed by atoms with van der Waals surface area (Å²) in [5, 5.41) is 7.67. The van der Waals surface area contributed by atoms with E-state index in [2.05, 4.69) is 29.2 Å². The van der Waals surface area contributed by atoms with E-state index in [0.717, 1.165) is 30.2 Å². The zero-order valence-corrected chi connectivity index (χ0v) is 14.6. The van der Waals surface area contributed by atoms with Crippen molar-refractivity contribution < 1.29 is 4.79 Å². The predicted octanol–water partition coefficient (Wildman–Crippen LogP) is 3.72. The molecule has 0 aliphatic carbocycles. The lowest BCUT2D eigenvalue weighted by molar-refractivity contribution is -0.116. The van der Waals surface area contributed by atoms with Gasteiger partial charge in [0.05, 0.1) is 23.5 Å². The van der Waals surface area contributed by atoms with Crippen LogP contribution < -0.4 is 10.2 Å². The van der Waals surface area contributed by atoms with E-state index in [9.17, 15) is 4.79 Å². The Bertz CT molecular complexity index is 647. The van der Waals surface area contributed by atoms with Gasteiger partial charge in [0.2, 0.25) is 5.91 Å². The van der Waals surface area contributed by atoms with Gasteiger partial charge in [0.15, 0.2) is 0 Å². The number of nitrogens with one attached hydrogen (secondary N) is 1. The molecule has 0 aliphatic rings. The molecule has 2 rings (SSSR count). The number of carbonyl (C=O) groups is 1. The van der Waals surface area contributed by atoms with Crippen molar-refractivity contribution in [3.63, 3.8) is 0 Å². The summed E-state index contributed by atoms with van der Waals surface area (Å²) < 4.78 is 1.74. The zero-order valence-electron chi connectivity index (χ0n) is 13.8. The standard InChI is InChI=1S/C17H23ClN4O/c1-4-21(5-2)15-8-6-14(7-9-15)20-17(23)10-11-22-13(3)16(18)12-19-22/h6-9,12H,4-5,10-11H2,1-3H3,(H,20,23). The average Bonchev–Trinajstić information content (AvgIpc) is 2.87. The van der Waals surface area contributed by atoms with E-state index in [0.29, 0.717) is 18.0 Å². The lowest BCUT2D eigenvalue weighted by Crippen LogP contribution is -2.21. The molecule has 0 unspecified atom stereocenters. The van der Waals surface area contributed by atoms with Crippen LogP contribution in [-0.4, -0.2) is 28.8 Å². The smallest absolute Gasteiger partial charge is 0.226 e. The number of nitrogens with zero attached hydrogens (tertiary/aromatic N) is 3. The lowest BCUT2D eigenvalue weighted by atomic mass is 10.2. The Hall–Kier alpha value is -2.01. The molecule has 1 aromatic carbocycles. The van der Waals surface area contributed by atoms with Gasteiger partial charge < -0.3 is 10.2 Å². The van der Waals surface area contributed by atoms with Gasteiger partial charge >= 0.3 is 0 Å². The van der Waals surface area contributed by atoms with Gasteiger partial charge in [-0.2, -0.15) is 5.10 Å². The van der Waals surface area contributed by atoms with E-state index < -0.39 is 0 Å². The Morgan fingerprint density at radius 1 is 1.26 bits per heavy atom. The highest BCUT2D eigenvalue weighted by Gasteiger charge is 2.08. The number of anilines is 2. The summed E-state index contributed by atoms with van der Waals surface area (Å²) in [4.78, 5) is 14.3. The van der Waals surface area contributed by atoms with Crippen LogP contribution in [0.25, 0.3) is 0 Å². The van der Waals surface area contributed by atoms with Crippen LogP contribution in [0, 0.1) is 6.92 Å².